The largest absolute Gasteiger partial charge is 0.349 e. The molecule has 1 atom stereocenters. The van der Waals surface area contributed by atoms with Crippen LogP contribution in [-0.2, 0) is 6.42 Å². The van der Waals surface area contributed by atoms with Gasteiger partial charge in [-0.1, -0.05) is 19.1 Å². The summed E-state index contributed by atoms with van der Waals surface area (Å²) in [6.07, 6.45) is 5.19. The highest BCUT2D eigenvalue weighted by atomic mass is 19.1. The van der Waals surface area contributed by atoms with Crippen LogP contribution < -0.4 is 5.32 Å². The summed E-state index contributed by atoms with van der Waals surface area (Å²) in [5.41, 5.74) is 1.64. The van der Waals surface area contributed by atoms with E-state index >= 15 is 0 Å². The van der Waals surface area contributed by atoms with E-state index in [0.717, 1.165) is 24.4 Å². The van der Waals surface area contributed by atoms with Gasteiger partial charge in [0, 0.05) is 30.4 Å². The first-order valence-corrected chi connectivity index (χ1v) is 6.68. The van der Waals surface area contributed by atoms with E-state index in [1.807, 2.05) is 19.1 Å². The molecule has 0 fully saturated rings. The molecule has 0 saturated carbocycles. The van der Waals surface area contributed by atoms with E-state index in [0.29, 0.717) is 12.0 Å². The minimum atomic E-state index is -0.153. The summed E-state index contributed by atoms with van der Waals surface area (Å²) in [6, 6.07) is 5.34. The molecule has 0 bridgehead atoms. The topological polar surface area (TPSA) is 40.7 Å². The van der Waals surface area contributed by atoms with Crippen molar-refractivity contribution in [3.05, 3.63) is 53.4 Å². The zero-order chi connectivity index (χ0) is 13.7. The van der Waals surface area contributed by atoms with Crippen molar-refractivity contribution in [1.29, 1.82) is 0 Å². The van der Waals surface area contributed by atoms with Gasteiger partial charge in [0.05, 0.1) is 0 Å². The van der Waals surface area contributed by atoms with Crippen LogP contribution in [0.3, 0.4) is 0 Å². The second-order valence-corrected chi connectivity index (χ2v) is 4.77. The number of aryl methyl sites for hydroxylation is 1. The number of nitrogens with one attached hydrogen (secondary N) is 2. The van der Waals surface area contributed by atoms with Crippen LogP contribution in [0, 0.1) is 12.7 Å². The molecule has 4 heteroatoms. The molecule has 0 spiro atoms. The highest BCUT2D eigenvalue weighted by molar-refractivity contribution is 5.26. The Morgan fingerprint density at radius 3 is 2.89 bits per heavy atom. The average molecular weight is 261 g/mol. The summed E-state index contributed by atoms with van der Waals surface area (Å²) >= 11 is 0. The van der Waals surface area contributed by atoms with Gasteiger partial charge in [0.25, 0.3) is 0 Å². The van der Waals surface area contributed by atoms with Crippen molar-refractivity contribution in [1.82, 2.24) is 15.3 Å². The molecule has 0 aliphatic heterocycles. The molecule has 1 heterocycles. The first kappa shape index (κ1) is 13.7. The van der Waals surface area contributed by atoms with Gasteiger partial charge in [-0.25, -0.2) is 9.37 Å². The van der Waals surface area contributed by atoms with Crippen molar-refractivity contribution in [3.8, 4) is 0 Å². The van der Waals surface area contributed by atoms with E-state index in [2.05, 4.69) is 22.2 Å². The molecular formula is C15H20FN3. The maximum atomic E-state index is 14.1. The first-order chi connectivity index (χ1) is 9.20. The zero-order valence-electron chi connectivity index (χ0n) is 11.4. The van der Waals surface area contributed by atoms with E-state index in [-0.39, 0.29) is 11.9 Å². The molecule has 1 aromatic carbocycles. The summed E-state index contributed by atoms with van der Waals surface area (Å²) in [7, 11) is 0. The summed E-state index contributed by atoms with van der Waals surface area (Å²) in [5.74, 6) is 0.716. The molecule has 2 rings (SSSR count). The predicted molar refractivity (Wildman–Crippen MR) is 74.5 cm³/mol. The quantitative estimate of drug-likeness (QED) is 0.838. The lowest BCUT2D eigenvalue weighted by Gasteiger charge is -2.19. The lowest BCUT2D eigenvalue weighted by molar-refractivity contribution is 0.490. The third-order valence-electron chi connectivity index (χ3n) is 3.12. The van der Waals surface area contributed by atoms with Crippen LogP contribution in [0.4, 0.5) is 4.39 Å². The number of nitrogens with zero attached hydrogens (tertiary/aromatic N) is 1. The van der Waals surface area contributed by atoms with Crippen molar-refractivity contribution in [2.45, 2.75) is 32.7 Å². The fourth-order valence-electron chi connectivity index (χ4n) is 2.13. The van der Waals surface area contributed by atoms with E-state index in [1.165, 1.54) is 0 Å². The molecule has 1 unspecified atom stereocenters. The van der Waals surface area contributed by atoms with Crippen LogP contribution in [0.5, 0.6) is 0 Å². The molecule has 19 heavy (non-hydrogen) atoms. The molecule has 2 N–H and O–H groups in total. The Hall–Kier alpha value is -1.68. The van der Waals surface area contributed by atoms with E-state index in [1.54, 1.807) is 18.5 Å². The van der Waals surface area contributed by atoms with Crippen molar-refractivity contribution >= 4 is 0 Å². The zero-order valence-corrected chi connectivity index (χ0v) is 11.4. The predicted octanol–water partition coefficient (Wildman–Crippen LogP) is 3.14. The van der Waals surface area contributed by atoms with Crippen molar-refractivity contribution < 1.29 is 4.39 Å². The Morgan fingerprint density at radius 2 is 2.26 bits per heavy atom. The lowest BCUT2D eigenvalue weighted by Crippen LogP contribution is -2.25. The minimum Gasteiger partial charge on any atom is -0.349 e. The van der Waals surface area contributed by atoms with Gasteiger partial charge in [0.1, 0.15) is 11.6 Å². The highest BCUT2D eigenvalue weighted by Crippen LogP contribution is 2.21. The monoisotopic (exact) mass is 261 g/mol. The van der Waals surface area contributed by atoms with Gasteiger partial charge in [-0.05, 0) is 31.5 Å². The van der Waals surface area contributed by atoms with Crippen LogP contribution in [-0.4, -0.2) is 16.5 Å². The number of aromatic nitrogens is 2. The Morgan fingerprint density at radius 1 is 1.42 bits per heavy atom. The SMILES string of the molecule is CCCNC(Cc1ncc[nH]1)c1ccc(C)cc1F. The van der Waals surface area contributed by atoms with Gasteiger partial charge in [-0.2, -0.15) is 0 Å². The number of hydrogen-bond donors (Lipinski definition) is 2. The Balaban J connectivity index is 2.20. The summed E-state index contributed by atoms with van der Waals surface area (Å²) in [6.45, 7) is 4.86. The molecule has 0 amide bonds. The third kappa shape index (κ3) is 3.64. The maximum absolute atomic E-state index is 14.1. The number of halogens is 1. The van der Waals surface area contributed by atoms with Crippen LogP contribution in [0.15, 0.2) is 30.6 Å². The normalized spacial score (nSPS) is 12.6. The number of H-pyrrole nitrogens is 1. The van der Waals surface area contributed by atoms with E-state index < -0.39 is 0 Å². The summed E-state index contributed by atoms with van der Waals surface area (Å²) in [5, 5.41) is 3.38. The van der Waals surface area contributed by atoms with Gasteiger partial charge in [0.15, 0.2) is 0 Å². The maximum Gasteiger partial charge on any atom is 0.128 e. The molecule has 102 valence electrons. The van der Waals surface area contributed by atoms with Crippen LogP contribution in [0.25, 0.3) is 0 Å². The second-order valence-electron chi connectivity index (χ2n) is 4.77. The van der Waals surface area contributed by atoms with Gasteiger partial charge in [-0.15, -0.1) is 0 Å². The van der Waals surface area contributed by atoms with E-state index in [4.69, 9.17) is 0 Å². The molecule has 0 aliphatic rings. The number of benzene rings is 1. The van der Waals surface area contributed by atoms with Gasteiger partial charge < -0.3 is 10.3 Å². The molecule has 0 aliphatic carbocycles. The number of rotatable bonds is 6. The van der Waals surface area contributed by atoms with E-state index in [9.17, 15) is 4.39 Å². The molecule has 1 aromatic heterocycles. The summed E-state index contributed by atoms with van der Waals surface area (Å²) in [4.78, 5) is 7.29. The van der Waals surface area contributed by atoms with Gasteiger partial charge in [0.2, 0.25) is 0 Å². The molecular weight excluding hydrogens is 241 g/mol. The van der Waals surface area contributed by atoms with Crippen LogP contribution >= 0.6 is 0 Å². The Kier molecular flexibility index (Phi) is 4.68. The fourth-order valence-corrected chi connectivity index (χ4v) is 2.13. The molecule has 0 saturated heterocycles. The third-order valence-corrected chi connectivity index (χ3v) is 3.12. The average Bonchev–Trinajstić information content (AvgIpc) is 2.88. The fraction of sp³-hybridized carbons (Fsp3) is 0.400. The van der Waals surface area contributed by atoms with Crippen LogP contribution in [0.1, 0.15) is 36.3 Å². The summed E-state index contributed by atoms with van der Waals surface area (Å²) < 4.78 is 14.1. The van der Waals surface area contributed by atoms with Crippen molar-refractivity contribution in [2.24, 2.45) is 0 Å². The standard InChI is InChI=1S/C15H20FN3/c1-3-6-17-14(10-15-18-7-8-19-15)12-5-4-11(2)9-13(12)16/h4-5,7-9,14,17H,3,6,10H2,1-2H3,(H,18,19). The molecule has 3 nitrogen and oxygen atoms in total. The van der Waals surface area contributed by atoms with Crippen LogP contribution in [0.2, 0.25) is 0 Å². The second kappa shape index (κ2) is 6.48. The minimum absolute atomic E-state index is 0.0494. The van der Waals surface area contributed by atoms with Gasteiger partial charge >= 0.3 is 0 Å². The lowest BCUT2D eigenvalue weighted by atomic mass is 10.0. The Bertz CT molecular complexity index is 508. The first-order valence-electron chi connectivity index (χ1n) is 6.68. The number of aromatic amines is 1. The Labute approximate surface area is 113 Å². The number of hydrogen-bond acceptors (Lipinski definition) is 2. The molecule has 2 aromatic rings. The highest BCUT2D eigenvalue weighted by Gasteiger charge is 2.16. The van der Waals surface area contributed by atoms with Crippen molar-refractivity contribution in [3.63, 3.8) is 0 Å². The molecule has 0 radical (unpaired) electrons. The van der Waals surface area contributed by atoms with Crippen molar-refractivity contribution in [2.75, 3.05) is 6.54 Å². The smallest absolute Gasteiger partial charge is 0.128 e. The van der Waals surface area contributed by atoms with Gasteiger partial charge in [-0.3, -0.25) is 0 Å². The number of imidazole rings is 1.